The van der Waals surface area contributed by atoms with Crippen molar-refractivity contribution >= 4 is 6.09 Å². The van der Waals surface area contributed by atoms with Crippen molar-refractivity contribution in [2.24, 2.45) is 0 Å². The Bertz CT molecular complexity index is 575. The van der Waals surface area contributed by atoms with E-state index in [-0.39, 0.29) is 13.0 Å². The zero-order valence-electron chi connectivity index (χ0n) is 14.9. The molecule has 1 rings (SSSR count). The van der Waals surface area contributed by atoms with E-state index in [0.29, 0.717) is 24.3 Å². The largest absolute Gasteiger partial charge is 0.493 e. The van der Waals surface area contributed by atoms with Gasteiger partial charge in [-0.1, -0.05) is 12.1 Å². The van der Waals surface area contributed by atoms with Crippen LogP contribution < -0.4 is 10.1 Å². The van der Waals surface area contributed by atoms with Crippen molar-refractivity contribution < 1.29 is 24.5 Å². The number of nitriles is 1. The van der Waals surface area contributed by atoms with E-state index in [1.807, 2.05) is 6.07 Å². The Hall–Kier alpha value is -2.30. The molecule has 2 atom stereocenters. The summed E-state index contributed by atoms with van der Waals surface area (Å²) in [5.74, 6) is 0.590. The summed E-state index contributed by atoms with van der Waals surface area (Å²) in [5, 5.41) is 31.2. The summed E-state index contributed by atoms with van der Waals surface area (Å²) in [4.78, 5) is 11.5. The van der Waals surface area contributed by atoms with Gasteiger partial charge in [-0.05, 0) is 44.9 Å². The number of benzene rings is 1. The molecule has 0 radical (unpaired) electrons. The van der Waals surface area contributed by atoms with Gasteiger partial charge in [0.05, 0.1) is 18.6 Å². The normalized spacial score (nSPS) is 13.4. The maximum atomic E-state index is 11.5. The quantitative estimate of drug-likeness (QED) is 0.620. The van der Waals surface area contributed by atoms with Crippen LogP contribution in [0.3, 0.4) is 0 Å². The van der Waals surface area contributed by atoms with Crippen molar-refractivity contribution in [3.8, 4) is 11.8 Å². The average Bonchev–Trinajstić information content (AvgIpc) is 2.53. The zero-order chi connectivity index (χ0) is 18.9. The molecule has 1 aromatic rings. The Balaban J connectivity index is 2.41. The highest BCUT2D eigenvalue weighted by Gasteiger charge is 2.20. The minimum Gasteiger partial charge on any atom is -0.493 e. The summed E-state index contributed by atoms with van der Waals surface area (Å²) in [7, 11) is 0. The minimum absolute atomic E-state index is 0.181. The Morgan fingerprint density at radius 3 is 2.48 bits per heavy atom. The fourth-order valence-corrected chi connectivity index (χ4v) is 1.99. The second-order valence-corrected chi connectivity index (χ2v) is 6.56. The number of aliphatic hydroxyl groups is 2. The number of nitrogens with zero attached hydrogens (tertiary/aromatic N) is 1. The second kappa shape index (κ2) is 9.87. The molecule has 0 aromatic heterocycles. The molecule has 25 heavy (non-hydrogen) atoms. The van der Waals surface area contributed by atoms with Gasteiger partial charge in [-0.15, -0.1) is 0 Å². The van der Waals surface area contributed by atoms with Gasteiger partial charge in [-0.2, -0.15) is 5.26 Å². The summed E-state index contributed by atoms with van der Waals surface area (Å²) in [5.41, 5.74) is -0.0448. The molecule has 0 saturated carbocycles. The number of hydrogen-bond acceptors (Lipinski definition) is 6. The van der Waals surface area contributed by atoms with Crippen LogP contribution >= 0.6 is 0 Å². The number of alkyl carbamates (subject to hydrolysis) is 1. The van der Waals surface area contributed by atoms with Crippen LogP contribution in [0.15, 0.2) is 24.3 Å². The molecular formula is C18H26N2O5. The van der Waals surface area contributed by atoms with Crippen LogP contribution in [-0.4, -0.2) is 41.2 Å². The predicted octanol–water partition coefficient (Wildman–Crippen LogP) is 2.29. The first-order chi connectivity index (χ1) is 11.7. The summed E-state index contributed by atoms with van der Waals surface area (Å²) in [6, 6.07) is 8.62. The van der Waals surface area contributed by atoms with Crippen molar-refractivity contribution in [1.82, 2.24) is 5.32 Å². The first-order valence-corrected chi connectivity index (χ1v) is 8.15. The van der Waals surface area contributed by atoms with Crippen LogP contribution in [0, 0.1) is 11.3 Å². The molecule has 2 unspecified atom stereocenters. The molecule has 0 heterocycles. The number of carbonyl (C=O) groups excluding carboxylic acids is 1. The van der Waals surface area contributed by atoms with Crippen LogP contribution in [0.4, 0.5) is 4.79 Å². The van der Waals surface area contributed by atoms with Gasteiger partial charge >= 0.3 is 6.09 Å². The minimum atomic E-state index is -1.08. The Kier molecular flexibility index (Phi) is 8.19. The van der Waals surface area contributed by atoms with Crippen LogP contribution in [0.5, 0.6) is 5.75 Å². The van der Waals surface area contributed by atoms with E-state index >= 15 is 0 Å². The van der Waals surface area contributed by atoms with Crippen molar-refractivity contribution in [2.45, 2.75) is 51.4 Å². The predicted molar refractivity (Wildman–Crippen MR) is 92.0 cm³/mol. The van der Waals surface area contributed by atoms with Gasteiger partial charge in [0.2, 0.25) is 0 Å². The monoisotopic (exact) mass is 350 g/mol. The third kappa shape index (κ3) is 8.38. The number of carbonyl (C=O) groups is 1. The van der Waals surface area contributed by atoms with Gasteiger partial charge in [0.25, 0.3) is 0 Å². The molecule has 138 valence electrons. The molecule has 0 aliphatic rings. The molecule has 0 fully saturated rings. The van der Waals surface area contributed by atoms with Crippen LogP contribution in [0.2, 0.25) is 0 Å². The summed E-state index contributed by atoms with van der Waals surface area (Å²) in [6.07, 6.45) is -2.18. The smallest absolute Gasteiger partial charge is 0.407 e. The van der Waals surface area contributed by atoms with Gasteiger partial charge in [0, 0.05) is 6.54 Å². The molecule has 0 spiro atoms. The number of rotatable bonds is 8. The van der Waals surface area contributed by atoms with E-state index in [9.17, 15) is 15.0 Å². The molecule has 7 heteroatoms. The van der Waals surface area contributed by atoms with Gasteiger partial charge < -0.3 is 25.0 Å². The maximum absolute atomic E-state index is 11.5. The maximum Gasteiger partial charge on any atom is 0.407 e. The van der Waals surface area contributed by atoms with Crippen molar-refractivity contribution in [3.63, 3.8) is 0 Å². The number of nitrogens with one attached hydrogen (secondary N) is 1. The van der Waals surface area contributed by atoms with Crippen LogP contribution in [-0.2, 0) is 4.74 Å². The summed E-state index contributed by atoms with van der Waals surface area (Å²) in [6.45, 7) is 5.77. The third-order valence-corrected chi connectivity index (χ3v) is 3.18. The van der Waals surface area contributed by atoms with Crippen molar-refractivity contribution in [1.29, 1.82) is 5.26 Å². The highest BCUT2D eigenvalue weighted by Crippen LogP contribution is 2.22. The van der Waals surface area contributed by atoms with Gasteiger partial charge in [-0.3, -0.25) is 0 Å². The van der Waals surface area contributed by atoms with E-state index < -0.39 is 23.9 Å². The highest BCUT2D eigenvalue weighted by atomic mass is 16.6. The van der Waals surface area contributed by atoms with E-state index in [0.717, 1.165) is 0 Å². The number of aliphatic hydroxyl groups excluding tert-OH is 2. The SMILES string of the molecule is CC(C)(C)OC(=O)NCCC(O)C(O)c1ccc(OCCC#N)cc1. The van der Waals surface area contributed by atoms with Crippen LogP contribution in [0.25, 0.3) is 0 Å². The molecule has 0 bridgehead atoms. The number of amides is 1. The third-order valence-electron chi connectivity index (χ3n) is 3.18. The Labute approximate surface area is 148 Å². The van der Waals surface area contributed by atoms with Crippen molar-refractivity contribution in [3.05, 3.63) is 29.8 Å². The molecule has 0 aliphatic carbocycles. The van der Waals surface area contributed by atoms with Gasteiger partial charge in [-0.25, -0.2) is 4.79 Å². The molecule has 7 nitrogen and oxygen atoms in total. The Morgan fingerprint density at radius 1 is 1.28 bits per heavy atom. The average molecular weight is 350 g/mol. The van der Waals surface area contributed by atoms with Gasteiger partial charge in [0.15, 0.2) is 0 Å². The van der Waals surface area contributed by atoms with Gasteiger partial charge in [0.1, 0.15) is 24.1 Å². The number of hydrogen-bond donors (Lipinski definition) is 3. The fraction of sp³-hybridized carbons (Fsp3) is 0.556. The molecule has 1 aromatic carbocycles. The van der Waals surface area contributed by atoms with E-state index in [1.165, 1.54) is 0 Å². The lowest BCUT2D eigenvalue weighted by Gasteiger charge is -2.21. The second-order valence-electron chi connectivity index (χ2n) is 6.56. The first-order valence-electron chi connectivity index (χ1n) is 8.15. The highest BCUT2D eigenvalue weighted by molar-refractivity contribution is 5.67. The molecule has 1 amide bonds. The lowest BCUT2D eigenvalue weighted by molar-refractivity contribution is 0.0123. The summed E-state index contributed by atoms with van der Waals surface area (Å²) >= 11 is 0. The van der Waals surface area contributed by atoms with E-state index in [1.54, 1.807) is 45.0 Å². The molecular weight excluding hydrogens is 324 g/mol. The molecule has 0 saturated heterocycles. The zero-order valence-corrected chi connectivity index (χ0v) is 14.9. The summed E-state index contributed by atoms with van der Waals surface area (Å²) < 4.78 is 10.4. The molecule has 3 N–H and O–H groups in total. The lowest BCUT2D eigenvalue weighted by Crippen LogP contribution is -2.34. The first kappa shape index (κ1) is 20.7. The van der Waals surface area contributed by atoms with E-state index in [4.69, 9.17) is 14.7 Å². The number of ether oxygens (including phenoxy) is 2. The van der Waals surface area contributed by atoms with Crippen molar-refractivity contribution in [2.75, 3.05) is 13.2 Å². The standard InChI is InChI=1S/C18H26N2O5/c1-18(2,3)25-17(23)20-11-9-15(21)16(22)13-5-7-14(8-6-13)24-12-4-10-19/h5-8,15-16,21-22H,4,9,11-12H2,1-3H3,(H,20,23). The fourth-order valence-electron chi connectivity index (χ4n) is 1.99. The topological polar surface area (TPSA) is 112 Å². The molecule has 0 aliphatic heterocycles. The van der Waals surface area contributed by atoms with Crippen LogP contribution in [0.1, 0.15) is 45.3 Å². The lowest BCUT2D eigenvalue weighted by atomic mass is 10.0. The Morgan fingerprint density at radius 2 is 1.92 bits per heavy atom. The van der Waals surface area contributed by atoms with E-state index in [2.05, 4.69) is 5.32 Å².